The summed E-state index contributed by atoms with van der Waals surface area (Å²) in [5.41, 5.74) is 1.43. The normalized spacial score (nSPS) is 17.0. The van der Waals surface area contributed by atoms with Gasteiger partial charge in [0.15, 0.2) is 0 Å². The first-order chi connectivity index (χ1) is 9.63. The third kappa shape index (κ3) is 3.74. The van der Waals surface area contributed by atoms with Crippen molar-refractivity contribution in [2.24, 2.45) is 0 Å². The molecule has 2 rings (SSSR count). The summed E-state index contributed by atoms with van der Waals surface area (Å²) in [6.07, 6.45) is 4.71. The average molecular weight is 271 g/mol. The second-order valence-corrected chi connectivity index (χ2v) is 5.53. The fourth-order valence-corrected chi connectivity index (χ4v) is 2.67. The maximum absolute atomic E-state index is 12.0. The van der Waals surface area contributed by atoms with Crippen LogP contribution in [0.5, 0.6) is 0 Å². The van der Waals surface area contributed by atoms with E-state index in [9.17, 15) is 10.1 Å². The van der Waals surface area contributed by atoms with Crippen LogP contribution in [0.3, 0.4) is 0 Å². The number of nitriles is 1. The molecule has 0 radical (unpaired) electrons. The zero-order valence-corrected chi connectivity index (χ0v) is 11.9. The minimum atomic E-state index is -0.649. The number of amides is 1. The molecule has 0 aliphatic heterocycles. The van der Waals surface area contributed by atoms with Crippen molar-refractivity contribution in [3.63, 3.8) is 0 Å². The Labute approximate surface area is 120 Å². The van der Waals surface area contributed by atoms with Gasteiger partial charge in [-0.1, -0.05) is 31.4 Å². The van der Waals surface area contributed by atoms with Crippen LogP contribution in [0.2, 0.25) is 0 Å². The SMILES string of the molecule is Cc1cccc(NCC(=O)NC2(C#N)CCCCC2)c1. The first-order valence-electron chi connectivity index (χ1n) is 7.16. The summed E-state index contributed by atoms with van der Waals surface area (Å²) >= 11 is 0. The van der Waals surface area contributed by atoms with E-state index in [1.807, 2.05) is 31.2 Å². The molecule has 0 bridgehead atoms. The molecule has 4 heteroatoms. The average Bonchev–Trinajstić information content (AvgIpc) is 2.46. The van der Waals surface area contributed by atoms with Crippen LogP contribution in [0.4, 0.5) is 5.69 Å². The molecule has 0 aromatic heterocycles. The van der Waals surface area contributed by atoms with Gasteiger partial charge in [-0.3, -0.25) is 4.79 Å². The highest BCUT2D eigenvalue weighted by Crippen LogP contribution is 2.27. The number of hydrogen-bond acceptors (Lipinski definition) is 3. The van der Waals surface area contributed by atoms with Crippen LogP contribution in [0.1, 0.15) is 37.7 Å². The lowest BCUT2D eigenvalue weighted by atomic mass is 9.83. The van der Waals surface area contributed by atoms with Crippen LogP contribution in [-0.4, -0.2) is 18.0 Å². The topological polar surface area (TPSA) is 64.9 Å². The van der Waals surface area contributed by atoms with Crippen LogP contribution >= 0.6 is 0 Å². The molecule has 4 nitrogen and oxygen atoms in total. The van der Waals surface area contributed by atoms with Gasteiger partial charge in [0.2, 0.25) is 5.91 Å². The Balaban J connectivity index is 1.87. The smallest absolute Gasteiger partial charge is 0.240 e. The molecule has 1 saturated carbocycles. The van der Waals surface area contributed by atoms with Gasteiger partial charge in [-0.15, -0.1) is 0 Å². The summed E-state index contributed by atoms with van der Waals surface area (Å²) in [7, 11) is 0. The van der Waals surface area contributed by atoms with E-state index >= 15 is 0 Å². The minimum Gasteiger partial charge on any atom is -0.376 e. The lowest BCUT2D eigenvalue weighted by molar-refractivity contribution is -0.121. The largest absolute Gasteiger partial charge is 0.376 e. The van der Waals surface area contributed by atoms with E-state index in [4.69, 9.17) is 0 Å². The van der Waals surface area contributed by atoms with Gasteiger partial charge in [-0.05, 0) is 37.5 Å². The van der Waals surface area contributed by atoms with Crippen molar-refractivity contribution in [2.75, 3.05) is 11.9 Å². The number of benzene rings is 1. The summed E-state index contributed by atoms with van der Waals surface area (Å²) in [6, 6.07) is 10.2. The fraction of sp³-hybridized carbons (Fsp3) is 0.500. The van der Waals surface area contributed by atoms with E-state index in [0.717, 1.165) is 43.4 Å². The number of nitrogens with one attached hydrogen (secondary N) is 2. The summed E-state index contributed by atoms with van der Waals surface area (Å²) < 4.78 is 0. The van der Waals surface area contributed by atoms with Crippen LogP contribution in [0, 0.1) is 18.3 Å². The highest BCUT2D eigenvalue weighted by molar-refractivity contribution is 5.81. The number of aryl methyl sites for hydroxylation is 1. The maximum Gasteiger partial charge on any atom is 0.240 e. The van der Waals surface area contributed by atoms with Crippen molar-refractivity contribution in [1.29, 1.82) is 5.26 Å². The van der Waals surface area contributed by atoms with Crippen molar-refractivity contribution >= 4 is 11.6 Å². The third-order valence-electron chi connectivity index (χ3n) is 3.77. The molecule has 2 N–H and O–H groups in total. The number of rotatable bonds is 4. The van der Waals surface area contributed by atoms with Crippen molar-refractivity contribution < 1.29 is 4.79 Å². The van der Waals surface area contributed by atoms with Gasteiger partial charge >= 0.3 is 0 Å². The molecule has 1 aromatic rings. The molecule has 1 fully saturated rings. The number of nitrogens with zero attached hydrogens (tertiary/aromatic N) is 1. The van der Waals surface area contributed by atoms with Crippen molar-refractivity contribution in [3.05, 3.63) is 29.8 Å². The molecule has 0 saturated heterocycles. The molecule has 20 heavy (non-hydrogen) atoms. The molecule has 0 spiro atoms. The van der Waals surface area contributed by atoms with Gasteiger partial charge in [-0.2, -0.15) is 5.26 Å². The summed E-state index contributed by atoms with van der Waals surface area (Å²) in [6.45, 7) is 2.21. The maximum atomic E-state index is 12.0. The molecular formula is C16H21N3O. The highest BCUT2D eigenvalue weighted by Gasteiger charge is 2.33. The molecule has 1 amide bonds. The van der Waals surface area contributed by atoms with Gasteiger partial charge in [-0.25, -0.2) is 0 Å². The standard InChI is InChI=1S/C16H21N3O/c1-13-6-5-7-14(10-13)18-11-15(20)19-16(12-17)8-3-2-4-9-16/h5-7,10,18H,2-4,8-9,11H2,1H3,(H,19,20). The molecule has 1 aliphatic rings. The lowest BCUT2D eigenvalue weighted by Crippen LogP contribution is -2.50. The molecule has 0 unspecified atom stereocenters. The number of carbonyl (C=O) groups excluding carboxylic acids is 1. The lowest BCUT2D eigenvalue weighted by Gasteiger charge is -2.31. The zero-order chi connectivity index (χ0) is 14.4. The monoisotopic (exact) mass is 271 g/mol. The number of hydrogen-bond donors (Lipinski definition) is 2. The first-order valence-corrected chi connectivity index (χ1v) is 7.16. The Bertz CT molecular complexity index is 513. The Hall–Kier alpha value is -2.02. The van der Waals surface area contributed by atoms with E-state index in [0.29, 0.717) is 0 Å². The molecule has 1 aromatic carbocycles. The van der Waals surface area contributed by atoms with Gasteiger partial charge in [0.1, 0.15) is 5.54 Å². The third-order valence-corrected chi connectivity index (χ3v) is 3.77. The van der Waals surface area contributed by atoms with Crippen molar-refractivity contribution in [3.8, 4) is 6.07 Å². The van der Waals surface area contributed by atoms with Gasteiger partial charge in [0.25, 0.3) is 0 Å². The Morgan fingerprint density at radius 2 is 2.10 bits per heavy atom. The molecule has 0 heterocycles. The van der Waals surface area contributed by atoms with E-state index in [2.05, 4.69) is 16.7 Å². The van der Waals surface area contributed by atoms with E-state index in [1.54, 1.807) is 0 Å². The molecule has 106 valence electrons. The Kier molecular flexibility index (Phi) is 4.62. The van der Waals surface area contributed by atoms with Crippen LogP contribution in [0.15, 0.2) is 24.3 Å². The quantitative estimate of drug-likeness (QED) is 0.885. The van der Waals surface area contributed by atoms with Crippen LogP contribution in [0.25, 0.3) is 0 Å². The van der Waals surface area contributed by atoms with Gasteiger partial charge in [0, 0.05) is 5.69 Å². The van der Waals surface area contributed by atoms with Crippen LogP contribution < -0.4 is 10.6 Å². The number of anilines is 1. The molecule has 0 atom stereocenters. The molecular weight excluding hydrogens is 250 g/mol. The predicted molar refractivity (Wildman–Crippen MR) is 79.2 cm³/mol. The van der Waals surface area contributed by atoms with E-state index in [-0.39, 0.29) is 12.5 Å². The summed E-state index contributed by atoms with van der Waals surface area (Å²) in [5, 5.41) is 15.3. The van der Waals surface area contributed by atoms with E-state index < -0.39 is 5.54 Å². The van der Waals surface area contributed by atoms with Crippen molar-refractivity contribution in [2.45, 2.75) is 44.6 Å². The second kappa shape index (κ2) is 6.42. The second-order valence-electron chi connectivity index (χ2n) is 5.53. The van der Waals surface area contributed by atoms with Gasteiger partial charge < -0.3 is 10.6 Å². The fourth-order valence-electron chi connectivity index (χ4n) is 2.67. The summed E-state index contributed by atoms with van der Waals surface area (Å²) in [4.78, 5) is 12.0. The highest BCUT2D eigenvalue weighted by atomic mass is 16.2. The van der Waals surface area contributed by atoms with Crippen molar-refractivity contribution in [1.82, 2.24) is 5.32 Å². The Morgan fingerprint density at radius 1 is 1.35 bits per heavy atom. The van der Waals surface area contributed by atoms with Gasteiger partial charge in [0.05, 0.1) is 12.6 Å². The minimum absolute atomic E-state index is 0.116. The Morgan fingerprint density at radius 3 is 2.75 bits per heavy atom. The number of carbonyl (C=O) groups is 1. The zero-order valence-electron chi connectivity index (χ0n) is 11.9. The summed E-state index contributed by atoms with van der Waals surface area (Å²) in [5.74, 6) is -0.116. The molecule has 1 aliphatic carbocycles. The van der Waals surface area contributed by atoms with E-state index in [1.165, 1.54) is 0 Å². The first kappa shape index (κ1) is 14.4. The predicted octanol–water partition coefficient (Wildman–Crippen LogP) is 2.75. The van der Waals surface area contributed by atoms with Crippen LogP contribution in [-0.2, 0) is 4.79 Å².